The molecule has 1 fully saturated rings. The molecule has 0 spiro atoms. The number of halogens is 1. The fourth-order valence-electron chi connectivity index (χ4n) is 3.31. The highest BCUT2D eigenvalue weighted by atomic mass is 35.5. The van der Waals surface area contributed by atoms with Crippen molar-refractivity contribution in [1.29, 1.82) is 0 Å². The first-order chi connectivity index (χ1) is 14.0. The van der Waals surface area contributed by atoms with Gasteiger partial charge in [0.2, 0.25) is 0 Å². The van der Waals surface area contributed by atoms with E-state index in [4.69, 9.17) is 16.1 Å². The number of likely N-dealkylation sites (tertiary alicyclic amines) is 1. The summed E-state index contributed by atoms with van der Waals surface area (Å²) in [6.07, 6.45) is 1.85. The number of tetrazole rings is 1. The van der Waals surface area contributed by atoms with Gasteiger partial charge in [-0.3, -0.25) is 4.79 Å². The number of carbonyl (C=O) groups excluding carboxylic acids is 1. The van der Waals surface area contributed by atoms with Gasteiger partial charge in [-0.2, -0.15) is 4.80 Å². The number of carbonyl (C=O) groups is 1. The summed E-state index contributed by atoms with van der Waals surface area (Å²) in [6.45, 7) is 6.60. The van der Waals surface area contributed by atoms with Crippen molar-refractivity contribution in [2.45, 2.75) is 45.3 Å². The van der Waals surface area contributed by atoms with E-state index in [-0.39, 0.29) is 24.3 Å². The van der Waals surface area contributed by atoms with Crippen LogP contribution in [0, 0.1) is 0 Å². The number of amides is 1. The summed E-state index contributed by atoms with van der Waals surface area (Å²) in [6, 6.07) is 6.15. The van der Waals surface area contributed by atoms with Gasteiger partial charge in [-0.25, -0.2) is 0 Å². The van der Waals surface area contributed by atoms with Crippen LogP contribution < -0.4 is 5.32 Å². The molecule has 0 unspecified atom stereocenters. The summed E-state index contributed by atoms with van der Waals surface area (Å²) in [5.41, 5.74) is 0.634. The molecule has 0 aliphatic carbocycles. The molecular formula is C18H22ClN7O2S. The molecule has 3 aromatic heterocycles. The van der Waals surface area contributed by atoms with Gasteiger partial charge < -0.3 is 14.7 Å². The molecule has 0 bridgehead atoms. The minimum Gasteiger partial charge on any atom is -0.355 e. The Morgan fingerprint density at radius 3 is 2.86 bits per heavy atom. The molecule has 1 aliphatic rings. The fourth-order valence-corrected chi connectivity index (χ4v) is 4.30. The Morgan fingerprint density at radius 2 is 2.17 bits per heavy atom. The van der Waals surface area contributed by atoms with E-state index >= 15 is 0 Å². The van der Waals surface area contributed by atoms with Crippen LogP contribution in [0.3, 0.4) is 0 Å². The van der Waals surface area contributed by atoms with Crippen LogP contribution in [0.1, 0.15) is 43.0 Å². The van der Waals surface area contributed by atoms with Gasteiger partial charge in [-0.1, -0.05) is 16.8 Å². The predicted molar refractivity (Wildman–Crippen MR) is 109 cm³/mol. The number of hydrogen-bond acceptors (Lipinski definition) is 8. The summed E-state index contributed by atoms with van der Waals surface area (Å²) in [7, 11) is 0. The Balaban J connectivity index is 1.33. The second-order valence-corrected chi connectivity index (χ2v) is 9.02. The summed E-state index contributed by atoms with van der Waals surface area (Å²) in [5.74, 6) is 0.390. The van der Waals surface area contributed by atoms with Crippen molar-refractivity contribution < 1.29 is 9.32 Å². The summed E-state index contributed by atoms with van der Waals surface area (Å²) >= 11 is 7.37. The number of rotatable bonds is 6. The Hall–Kier alpha value is -2.30. The Bertz CT molecular complexity index is 974. The lowest BCUT2D eigenvalue weighted by Crippen LogP contribution is -2.46. The van der Waals surface area contributed by atoms with Crippen molar-refractivity contribution in [1.82, 2.24) is 35.6 Å². The molecule has 1 aliphatic heterocycles. The van der Waals surface area contributed by atoms with Crippen LogP contribution in [0.5, 0.6) is 0 Å². The first-order valence-corrected chi connectivity index (χ1v) is 10.7. The Labute approximate surface area is 177 Å². The standard InChI is InChI=1S/C18H22ClN7O2S/c1-11(2)25-7-5-12(6-8-25)20-18(27)17-21-24-26(22-17)10-13-9-14(28-23-13)15-3-4-16(19)29-15/h3-4,9,11-12H,5-8,10H2,1-2H3,(H,20,27). The molecule has 4 heterocycles. The van der Waals surface area contributed by atoms with Crippen molar-refractivity contribution >= 4 is 28.8 Å². The molecule has 0 atom stereocenters. The van der Waals surface area contributed by atoms with Gasteiger partial charge in [0, 0.05) is 31.2 Å². The fraction of sp³-hybridized carbons (Fsp3) is 0.500. The lowest BCUT2D eigenvalue weighted by Gasteiger charge is -2.34. The van der Waals surface area contributed by atoms with Gasteiger partial charge in [-0.05, 0) is 44.0 Å². The van der Waals surface area contributed by atoms with Gasteiger partial charge in [-0.15, -0.1) is 21.5 Å². The third-order valence-electron chi connectivity index (χ3n) is 4.93. The van der Waals surface area contributed by atoms with Crippen molar-refractivity contribution in [2.24, 2.45) is 0 Å². The number of hydrogen-bond donors (Lipinski definition) is 1. The monoisotopic (exact) mass is 435 g/mol. The molecule has 1 N–H and O–H groups in total. The smallest absolute Gasteiger partial charge is 0.293 e. The lowest BCUT2D eigenvalue weighted by atomic mass is 10.0. The van der Waals surface area contributed by atoms with Gasteiger partial charge in [0.25, 0.3) is 11.7 Å². The maximum atomic E-state index is 12.4. The zero-order valence-corrected chi connectivity index (χ0v) is 17.8. The third kappa shape index (κ3) is 4.82. The molecule has 0 saturated carbocycles. The van der Waals surface area contributed by atoms with E-state index in [1.807, 2.05) is 6.07 Å². The van der Waals surface area contributed by atoms with Crippen molar-refractivity contribution in [3.05, 3.63) is 34.1 Å². The molecule has 0 radical (unpaired) electrons. The highest BCUT2D eigenvalue weighted by Gasteiger charge is 2.24. The van der Waals surface area contributed by atoms with Crippen molar-refractivity contribution in [3.8, 4) is 10.6 Å². The van der Waals surface area contributed by atoms with E-state index in [1.54, 1.807) is 12.1 Å². The molecule has 154 valence electrons. The molecule has 1 saturated heterocycles. The first-order valence-electron chi connectivity index (χ1n) is 9.52. The second-order valence-electron chi connectivity index (χ2n) is 7.31. The third-order valence-corrected chi connectivity index (χ3v) is 6.18. The molecule has 0 aromatic carbocycles. The first kappa shape index (κ1) is 20.0. The van der Waals surface area contributed by atoms with E-state index in [1.165, 1.54) is 16.1 Å². The minimum absolute atomic E-state index is 0.0602. The molecule has 9 nitrogen and oxygen atoms in total. The average Bonchev–Trinajstić information content (AvgIpc) is 3.43. The highest BCUT2D eigenvalue weighted by Crippen LogP contribution is 2.31. The Kier molecular flexibility index (Phi) is 5.93. The zero-order valence-electron chi connectivity index (χ0n) is 16.2. The minimum atomic E-state index is -0.298. The predicted octanol–water partition coefficient (Wildman–Crippen LogP) is 2.69. The topological polar surface area (TPSA) is 102 Å². The number of nitrogens with zero attached hydrogens (tertiary/aromatic N) is 6. The quantitative estimate of drug-likeness (QED) is 0.635. The van der Waals surface area contributed by atoms with Gasteiger partial charge in [0.1, 0.15) is 12.2 Å². The van der Waals surface area contributed by atoms with E-state index in [0.29, 0.717) is 21.8 Å². The zero-order chi connectivity index (χ0) is 20.4. The van der Waals surface area contributed by atoms with E-state index in [0.717, 1.165) is 30.8 Å². The SMILES string of the molecule is CC(C)N1CCC(NC(=O)c2nnn(Cc3cc(-c4ccc(Cl)s4)on3)n2)CC1. The van der Waals surface area contributed by atoms with Crippen molar-refractivity contribution in [3.63, 3.8) is 0 Å². The van der Waals surface area contributed by atoms with Crippen LogP contribution in [0.15, 0.2) is 22.7 Å². The highest BCUT2D eigenvalue weighted by molar-refractivity contribution is 7.19. The van der Waals surface area contributed by atoms with Gasteiger partial charge >= 0.3 is 0 Å². The molecule has 4 rings (SSSR count). The summed E-state index contributed by atoms with van der Waals surface area (Å²) < 4.78 is 6.03. The normalized spacial score (nSPS) is 15.9. The summed E-state index contributed by atoms with van der Waals surface area (Å²) in [4.78, 5) is 17.1. The molecule has 11 heteroatoms. The van der Waals surface area contributed by atoms with Crippen LogP contribution in [-0.2, 0) is 6.54 Å². The van der Waals surface area contributed by atoms with Crippen LogP contribution in [0.4, 0.5) is 0 Å². The number of nitrogens with one attached hydrogen (secondary N) is 1. The van der Waals surface area contributed by atoms with Crippen LogP contribution in [0.25, 0.3) is 10.6 Å². The van der Waals surface area contributed by atoms with E-state index in [2.05, 4.69) is 44.6 Å². The molecular weight excluding hydrogens is 414 g/mol. The molecule has 1 amide bonds. The van der Waals surface area contributed by atoms with E-state index in [9.17, 15) is 4.79 Å². The van der Waals surface area contributed by atoms with Gasteiger partial charge in [0.15, 0.2) is 5.76 Å². The van der Waals surface area contributed by atoms with Crippen LogP contribution in [-0.4, -0.2) is 61.3 Å². The average molecular weight is 436 g/mol. The number of thiophene rings is 1. The summed E-state index contributed by atoms with van der Waals surface area (Å²) in [5, 5.41) is 19.0. The number of piperidine rings is 1. The van der Waals surface area contributed by atoms with Crippen molar-refractivity contribution in [2.75, 3.05) is 13.1 Å². The maximum absolute atomic E-state index is 12.4. The lowest BCUT2D eigenvalue weighted by molar-refractivity contribution is 0.0890. The van der Waals surface area contributed by atoms with E-state index < -0.39 is 0 Å². The Morgan fingerprint density at radius 1 is 1.38 bits per heavy atom. The van der Waals surface area contributed by atoms with Gasteiger partial charge in [0.05, 0.1) is 9.21 Å². The maximum Gasteiger partial charge on any atom is 0.293 e. The second kappa shape index (κ2) is 8.60. The molecule has 29 heavy (non-hydrogen) atoms. The number of aromatic nitrogens is 5. The van der Waals surface area contributed by atoms with Crippen LogP contribution >= 0.6 is 22.9 Å². The molecule has 3 aromatic rings. The largest absolute Gasteiger partial charge is 0.355 e. The van der Waals surface area contributed by atoms with Crippen LogP contribution in [0.2, 0.25) is 4.34 Å².